The highest BCUT2D eigenvalue weighted by Crippen LogP contribution is 2.22. The molecule has 6 nitrogen and oxygen atoms in total. The third kappa shape index (κ3) is 6.96. The summed E-state index contributed by atoms with van der Waals surface area (Å²) in [6.07, 6.45) is 2.93. The first kappa shape index (κ1) is 23.1. The topological polar surface area (TPSA) is 55.8 Å². The van der Waals surface area contributed by atoms with Crippen molar-refractivity contribution in [3.63, 3.8) is 0 Å². The van der Waals surface area contributed by atoms with Crippen molar-refractivity contribution in [1.29, 1.82) is 0 Å². The first-order valence-electron chi connectivity index (χ1n) is 11.3. The lowest BCUT2D eigenvalue weighted by Crippen LogP contribution is -2.44. The quantitative estimate of drug-likeness (QED) is 0.554. The summed E-state index contributed by atoms with van der Waals surface area (Å²) in [5, 5.41) is 6.79. The highest BCUT2D eigenvalue weighted by Gasteiger charge is 2.15. The molecular weight excluding hydrogens is 384 g/mol. The van der Waals surface area contributed by atoms with Gasteiger partial charge in [-0.15, -0.1) is 0 Å². The molecule has 168 valence electrons. The van der Waals surface area contributed by atoms with Crippen molar-refractivity contribution in [3.8, 4) is 0 Å². The molecule has 0 spiro atoms. The maximum absolute atomic E-state index is 4.66. The van der Waals surface area contributed by atoms with E-state index in [9.17, 15) is 0 Å². The number of hydrogen-bond acceptors (Lipinski definition) is 4. The van der Waals surface area contributed by atoms with Crippen LogP contribution in [0.15, 0.2) is 47.6 Å². The number of guanidine groups is 1. The molecule has 31 heavy (non-hydrogen) atoms. The van der Waals surface area contributed by atoms with Crippen molar-refractivity contribution in [3.05, 3.63) is 59.3 Å². The van der Waals surface area contributed by atoms with Gasteiger partial charge >= 0.3 is 0 Å². The van der Waals surface area contributed by atoms with E-state index in [1.54, 1.807) is 0 Å². The second kappa shape index (κ2) is 10.6. The second-order valence-electron chi connectivity index (χ2n) is 9.36. The van der Waals surface area contributed by atoms with Crippen LogP contribution < -0.4 is 15.5 Å². The Kier molecular flexibility index (Phi) is 7.91. The molecule has 3 rings (SSSR count). The molecule has 0 radical (unpaired) electrons. The summed E-state index contributed by atoms with van der Waals surface area (Å²) in [4.78, 5) is 13.7. The molecule has 2 aromatic rings. The second-order valence-corrected chi connectivity index (χ2v) is 9.36. The van der Waals surface area contributed by atoms with Gasteiger partial charge in [0.25, 0.3) is 0 Å². The predicted molar refractivity (Wildman–Crippen MR) is 131 cm³/mol. The van der Waals surface area contributed by atoms with Crippen LogP contribution in [0, 0.1) is 0 Å². The van der Waals surface area contributed by atoms with Gasteiger partial charge in [-0.1, -0.05) is 51.1 Å². The Bertz CT molecular complexity index is 828. The Morgan fingerprint density at radius 2 is 1.65 bits per heavy atom. The molecule has 0 saturated carbocycles. The largest absolute Gasteiger partial charge is 0.356 e. The van der Waals surface area contributed by atoms with Gasteiger partial charge in [0.2, 0.25) is 0 Å². The molecule has 1 fully saturated rings. The van der Waals surface area contributed by atoms with Crippen LogP contribution in [0.2, 0.25) is 0 Å². The van der Waals surface area contributed by atoms with Crippen LogP contribution in [0.3, 0.4) is 0 Å². The summed E-state index contributed by atoms with van der Waals surface area (Å²) < 4.78 is 0. The summed E-state index contributed by atoms with van der Waals surface area (Å²) in [6.45, 7) is 12.5. The lowest BCUT2D eigenvalue weighted by atomic mass is 9.86. The smallest absolute Gasteiger partial charge is 0.191 e. The van der Waals surface area contributed by atoms with E-state index in [4.69, 9.17) is 0 Å². The highest BCUT2D eigenvalue weighted by molar-refractivity contribution is 5.79. The third-order valence-corrected chi connectivity index (χ3v) is 5.85. The van der Waals surface area contributed by atoms with E-state index in [1.807, 2.05) is 13.2 Å². The molecule has 1 aromatic heterocycles. The maximum atomic E-state index is 4.66. The summed E-state index contributed by atoms with van der Waals surface area (Å²) in [6, 6.07) is 13.2. The van der Waals surface area contributed by atoms with E-state index in [1.165, 1.54) is 11.1 Å². The zero-order valence-corrected chi connectivity index (χ0v) is 19.8. The van der Waals surface area contributed by atoms with Crippen LogP contribution in [-0.2, 0) is 18.4 Å². The lowest BCUT2D eigenvalue weighted by molar-refractivity contribution is 0.312. The third-order valence-electron chi connectivity index (χ3n) is 5.85. The van der Waals surface area contributed by atoms with Crippen molar-refractivity contribution >= 4 is 11.8 Å². The predicted octanol–water partition coefficient (Wildman–Crippen LogP) is 3.04. The van der Waals surface area contributed by atoms with Crippen LogP contribution in [-0.4, -0.2) is 62.7 Å². The van der Waals surface area contributed by atoms with E-state index in [-0.39, 0.29) is 5.41 Å². The first-order chi connectivity index (χ1) is 14.8. The number of aromatic nitrogens is 1. The van der Waals surface area contributed by atoms with Crippen LogP contribution in [0.5, 0.6) is 0 Å². The lowest BCUT2D eigenvalue weighted by Gasteiger charge is -2.33. The van der Waals surface area contributed by atoms with Crippen molar-refractivity contribution < 1.29 is 0 Å². The van der Waals surface area contributed by atoms with Gasteiger partial charge in [-0.25, -0.2) is 4.98 Å². The maximum Gasteiger partial charge on any atom is 0.191 e. The van der Waals surface area contributed by atoms with Gasteiger partial charge in [0.05, 0.1) is 0 Å². The number of rotatable bonds is 6. The van der Waals surface area contributed by atoms with E-state index in [2.05, 4.69) is 94.6 Å². The Hall–Kier alpha value is -2.60. The molecule has 2 N–H and O–H groups in total. The van der Waals surface area contributed by atoms with E-state index < -0.39 is 0 Å². The Morgan fingerprint density at radius 3 is 2.23 bits per heavy atom. The molecule has 1 aliphatic rings. The number of anilines is 1. The van der Waals surface area contributed by atoms with Crippen molar-refractivity contribution in [2.45, 2.75) is 39.2 Å². The van der Waals surface area contributed by atoms with Gasteiger partial charge in [0, 0.05) is 52.5 Å². The van der Waals surface area contributed by atoms with Crippen LogP contribution in [0.25, 0.3) is 0 Å². The van der Waals surface area contributed by atoms with Gasteiger partial charge in [-0.05, 0) is 41.6 Å². The van der Waals surface area contributed by atoms with E-state index >= 15 is 0 Å². The molecule has 1 saturated heterocycles. The number of aliphatic imine (C=N–C) groups is 1. The van der Waals surface area contributed by atoms with Crippen LogP contribution in [0.1, 0.15) is 37.5 Å². The number of nitrogens with one attached hydrogen (secondary N) is 2. The van der Waals surface area contributed by atoms with Gasteiger partial charge in [-0.2, -0.15) is 0 Å². The minimum Gasteiger partial charge on any atom is -0.356 e. The Balaban J connectivity index is 1.42. The van der Waals surface area contributed by atoms with E-state index in [0.29, 0.717) is 6.54 Å². The van der Waals surface area contributed by atoms with Gasteiger partial charge in [-0.3, -0.25) is 4.99 Å². The minimum atomic E-state index is 0.195. The molecule has 1 aliphatic heterocycles. The number of pyridine rings is 1. The van der Waals surface area contributed by atoms with Gasteiger partial charge < -0.3 is 20.4 Å². The molecule has 0 bridgehead atoms. The fraction of sp³-hybridized carbons (Fsp3) is 0.520. The summed E-state index contributed by atoms with van der Waals surface area (Å²) in [7, 11) is 3.98. The average Bonchev–Trinajstić information content (AvgIpc) is 2.77. The molecule has 0 atom stereocenters. The number of likely N-dealkylation sites (N-methyl/N-ethyl adjacent to an activating group) is 1. The Morgan fingerprint density at radius 1 is 0.968 bits per heavy atom. The molecule has 1 aromatic carbocycles. The Labute approximate surface area is 187 Å². The average molecular weight is 423 g/mol. The van der Waals surface area contributed by atoms with Crippen LogP contribution in [0.4, 0.5) is 5.82 Å². The fourth-order valence-corrected chi connectivity index (χ4v) is 3.65. The molecule has 2 heterocycles. The summed E-state index contributed by atoms with van der Waals surface area (Å²) >= 11 is 0. The number of piperazine rings is 1. The zero-order valence-electron chi connectivity index (χ0n) is 19.8. The van der Waals surface area contributed by atoms with Crippen molar-refractivity contribution in [1.82, 2.24) is 20.5 Å². The SMILES string of the molecule is CN=C(NCCc1ccc(C(C)(C)C)cc1)NCc1ccc(N2CCN(C)CC2)nc1. The normalized spacial score (nSPS) is 15.8. The van der Waals surface area contributed by atoms with E-state index in [0.717, 1.165) is 56.5 Å². The molecule has 0 amide bonds. The molecule has 6 heteroatoms. The van der Waals surface area contributed by atoms with Crippen LogP contribution >= 0.6 is 0 Å². The standard InChI is InChI=1S/C25H38N6/c1-25(2,3)22-9-6-20(7-10-22)12-13-27-24(26-4)29-19-21-8-11-23(28-18-21)31-16-14-30(5)15-17-31/h6-11,18H,12-17,19H2,1-5H3,(H2,26,27,29). The highest BCUT2D eigenvalue weighted by atomic mass is 15.3. The summed E-state index contributed by atoms with van der Waals surface area (Å²) in [5.74, 6) is 1.88. The zero-order chi connectivity index (χ0) is 22.3. The van der Waals surface area contributed by atoms with Gasteiger partial charge in [0.15, 0.2) is 5.96 Å². The molecule has 0 unspecified atom stereocenters. The molecular formula is C25H38N6. The number of hydrogen-bond donors (Lipinski definition) is 2. The van der Waals surface area contributed by atoms with Crippen molar-refractivity contribution in [2.24, 2.45) is 4.99 Å². The minimum absolute atomic E-state index is 0.195. The summed E-state index contributed by atoms with van der Waals surface area (Å²) in [5.41, 5.74) is 4.05. The monoisotopic (exact) mass is 422 g/mol. The molecule has 0 aliphatic carbocycles. The first-order valence-corrected chi connectivity index (χ1v) is 11.3. The number of benzene rings is 1. The van der Waals surface area contributed by atoms with Crippen molar-refractivity contribution in [2.75, 3.05) is 51.7 Å². The van der Waals surface area contributed by atoms with Gasteiger partial charge in [0.1, 0.15) is 5.82 Å². The number of nitrogens with zero attached hydrogens (tertiary/aromatic N) is 4. The fourth-order valence-electron chi connectivity index (χ4n) is 3.65.